The molecule has 2 rings (SSSR count). The van der Waals surface area contributed by atoms with Gasteiger partial charge in [0.25, 0.3) is 5.91 Å². The van der Waals surface area contributed by atoms with E-state index in [-0.39, 0.29) is 11.8 Å². The Kier molecular flexibility index (Phi) is 4.27. The first-order valence-corrected chi connectivity index (χ1v) is 6.85. The highest BCUT2D eigenvalue weighted by molar-refractivity contribution is 6.00. The highest BCUT2D eigenvalue weighted by Crippen LogP contribution is 2.33. The molecule has 1 aromatic carbocycles. The number of ether oxygens (including phenoxy) is 1. The van der Waals surface area contributed by atoms with Crippen molar-refractivity contribution in [3.63, 3.8) is 0 Å². The van der Waals surface area contributed by atoms with Crippen LogP contribution in [0.3, 0.4) is 0 Å². The maximum Gasteiger partial charge on any atom is 0.267 e. The highest BCUT2D eigenvalue weighted by Gasteiger charge is 2.31. The summed E-state index contributed by atoms with van der Waals surface area (Å²) in [6, 6.07) is 7.41. The Morgan fingerprint density at radius 3 is 2.80 bits per heavy atom. The minimum Gasteiger partial charge on any atom is -0.479 e. The molecule has 1 aliphatic rings. The van der Waals surface area contributed by atoms with Crippen LogP contribution >= 0.6 is 0 Å². The molecule has 0 saturated carbocycles. The third-order valence-corrected chi connectivity index (χ3v) is 3.52. The van der Waals surface area contributed by atoms with Gasteiger partial charge in [0.15, 0.2) is 6.10 Å². The molecule has 0 spiro atoms. The van der Waals surface area contributed by atoms with Gasteiger partial charge >= 0.3 is 0 Å². The normalized spacial score (nSPS) is 17.4. The van der Waals surface area contributed by atoms with Gasteiger partial charge in [0.05, 0.1) is 5.69 Å². The summed E-state index contributed by atoms with van der Waals surface area (Å²) in [7, 11) is 1.76. The van der Waals surface area contributed by atoms with Crippen molar-refractivity contribution in [2.45, 2.75) is 26.4 Å². The van der Waals surface area contributed by atoms with Gasteiger partial charge in [-0.15, -0.1) is 0 Å². The summed E-state index contributed by atoms with van der Waals surface area (Å²) >= 11 is 0. The van der Waals surface area contributed by atoms with Crippen molar-refractivity contribution in [3.8, 4) is 5.75 Å². The lowest BCUT2D eigenvalue weighted by atomic mass is 10.1. The van der Waals surface area contributed by atoms with Crippen molar-refractivity contribution in [3.05, 3.63) is 24.3 Å². The molecule has 0 radical (unpaired) electrons. The second kappa shape index (κ2) is 5.94. The van der Waals surface area contributed by atoms with E-state index in [1.807, 2.05) is 31.2 Å². The summed E-state index contributed by atoms with van der Waals surface area (Å²) in [5.74, 6) is 0.628. The van der Waals surface area contributed by atoms with Gasteiger partial charge in [-0.1, -0.05) is 12.1 Å². The van der Waals surface area contributed by atoms with Crippen LogP contribution in [0, 0.1) is 0 Å². The van der Waals surface area contributed by atoms with E-state index in [0.29, 0.717) is 25.3 Å². The Morgan fingerprint density at radius 1 is 1.40 bits per heavy atom. The molecule has 1 heterocycles. The Balaban J connectivity index is 2.14. The van der Waals surface area contributed by atoms with E-state index in [4.69, 9.17) is 4.74 Å². The number of benzene rings is 1. The van der Waals surface area contributed by atoms with Crippen LogP contribution in [0.2, 0.25) is 0 Å². The smallest absolute Gasteiger partial charge is 0.267 e. The predicted molar refractivity (Wildman–Crippen MR) is 76.8 cm³/mol. The molecule has 0 fully saturated rings. The lowest BCUT2D eigenvalue weighted by Gasteiger charge is -2.33. The van der Waals surface area contributed by atoms with Crippen molar-refractivity contribution in [1.82, 2.24) is 4.90 Å². The predicted octanol–water partition coefficient (Wildman–Crippen LogP) is 1.67. The zero-order valence-electron chi connectivity index (χ0n) is 12.1. The Labute approximate surface area is 119 Å². The van der Waals surface area contributed by atoms with E-state index < -0.39 is 6.10 Å². The molecule has 0 saturated heterocycles. The number of nitrogens with zero attached hydrogens (tertiary/aromatic N) is 2. The quantitative estimate of drug-likeness (QED) is 0.840. The molecule has 0 aliphatic carbocycles. The topological polar surface area (TPSA) is 49.9 Å². The lowest BCUT2D eigenvalue weighted by Crippen LogP contribution is -2.45. The standard InChI is InChI=1S/C15H20N2O3/c1-4-16(3)14(18)9-10-17-12-7-5-6-8-13(12)20-11(2)15(17)19/h5-8,11H,4,9-10H2,1-3H3. The summed E-state index contributed by atoms with van der Waals surface area (Å²) in [5.41, 5.74) is 0.738. The monoisotopic (exact) mass is 276 g/mol. The molecule has 1 unspecified atom stereocenters. The molecule has 108 valence electrons. The van der Waals surface area contributed by atoms with Gasteiger partial charge in [0.2, 0.25) is 5.91 Å². The zero-order valence-corrected chi connectivity index (χ0v) is 12.1. The number of hydrogen-bond acceptors (Lipinski definition) is 3. The Morgan fingerprint density at radius 2 is 2.10 bits per heavy atom. The SMILES string of the molecule is CCN(C)C(=O)CCN1C(=O)C(C)Oc2ccccc21. The number of carbonyl (C=O) groups is 2. The van der Waals surface area contributed by atoms with Crippen molar-refractivity contribution in [1.29, 1.82) is 0 Å². The van der Waals surface area contributed by atoms with Crippen LogP contribution in [0.5, 0.6) is 5.75 Å². The molecule has 5 heteroatoms. The first-order valence-electron chi connectivity index (χ1n) is 6.85. The molecule has 0 bridgehead atoms. The lowest BCUT2D eigenvalue weighted by molar-refractivity contribution is -0.129. The van der Waals surface area contributed by atoms with E-state index in [0.717, 1.165) is 5.69 Å². The highest BCUT2D eigenvalue weighted by atomic mass is 16.5. The number of anilines is 1. The second-order valence-corrected chi connectivity index (χ2v) is 4.88. The fourth-order valence-corrected chi connectivity index (χ4v) is 2.16. The molecule has 2 amide bonds. The molecule has 1 aromatic rings. The van der Waals surface area contributed by atoms with Crippen molar-refractivity contribution in [2.24, 2.45) is 0 Å². The number of para-hydroxylation sites is 2. The van der Waals surface area contributed by atoms with Gasteiger partial charge in [-0.2, -0.15) is 0 Å². The average molecular weight is 276 g/mol. The molecule has 0 aromatic heterocycles. The van der Waals surface area contributed by atoms with Crippen LogP contribution < -0.4 is 9.64 Å². The molecule has 1 atom stereocenters. The fraction of sp³-hybridized carbons (Fsp3) is 0.467. The summed E-state index contributed by atoms with van der Waals surface area (Å²) in [6.45, 7) is 4.70. The number of rotatable bonds is 4. The average Bonchev–Trinajstić information content (AvgIpc) is 2.46. The number of carbonyl (C=O) groups excluding carboxylic acids is 2. The minimum absolute atomic E-state index is 0.0388. The van der Waals surface area contributed by atoms with Crippen LogP contribution in [0.15, 0.2) is 24.3 Å². The molecular weight excluding hydrogens is 256 g/mol. The van der Waals surface area contributed by atoms with Crippen LogP contribution in [0.4, 0.5) is 5.69 Å². The summed E-state index contributed by atoms with van der Waals surface area (Å²) < 4.78 is 5.56. The van der Waals surface area contributed by atoms with Gasteiger partial charge in [0.1, 0.15) is 5.75 Å². The molecule has 5 nitrogen and oxygen atoms in total. The molecule has 1 aliphatic heterocycles. The van der Waals surface area contributed by atoms with E-state index >= 15 is 0 Å². The van der Waals surface area contributed by atoms with Crippen LogP contribution in [-0.2, 0) is 9.59 Å². The number of fused-ring (bicyclic) bond motifs is 1. The summed E-state index contributed by atoms with van der Waals surface area (Å²) in [6.07, 6.45) is -0.194. The Bertz CT molecular complexity index is 516. The van der Waals surface area contributed by atoms with E-state index in [2.05, 4.69) is 0 Å². The van der Waals surface area contributed by atoms with Crippen LogP contribution in [0.1, 0.15) is 20.3 Å². The molecular formula is C15H20N2O3. The van der Waals surface area contributed by atoms with Crippen molar-refractivity contribution >= 4 is 17.5 Å². The summed E-state index contributed by atoms with van der Waals surface area (Å²) in [5, 5.41) is 0. The van der Waals surface area contributed by atoms with E-state index in [1.165, 1.54) is 0 Å². The van der Waals surface area contributed by atoms with Crippen LogP contribution in [-0.4, -0.2) is 43.0 Å². The third kappa shape index (κ3) is 2.76. The van der Waals surface area contributed by atoms with Gasteiger partial charge in [-0.3, -0.25) is 9.59 Å². The largest absolute Gasteiger partial charge is 0.479 e. The molecule has 0 N–H and O–H groups in total. The number of hydrogen-bond donors (Lipinski definition) is 0. The molecule has 20 heavy (non-hydrogen) atoms. The number of amides is 2. The van der Waals surface area contributed by atoms with Gasteiger partial charge in [-0.05, 0) is 26.0 Å². The maximum absolute atomic E-state index is 12.2. The summed E-state index contributed by atoms with van der Waals surface area (Å²) in [4.78, 5) is 27.4. The van der Waals surface area contributed by atoms with Gasteiger partial charge in [-0.25, -0.2) is 0 Å². The van der Waals surface area contributed by atoms with Gasteiger partial charge < -0.3 is 14.5 Å². The minimum atomic E-state index is -0.510. The Hall–Kier alpha value is -2.04. The third-order valence-electron chi connectivity index (χ3n) is 3.52. The maximum atomic E-state index is 12.2. The zero-order chi connectivity index (χ0) is 14.7. The fourth-order valence-electron chi connectivity index (χ4n) is 2.16. The van der Waals surface area contributed by atoms with Crippen LogP contribution in [0.25, 0.3) is 0 Å². The van der Waals surface area contributed by atoms with E-state index in [9.17, 15) is 9.59 Å². The van der Waals surface area contributed by atoms with E-state index in [1.54, 1.807) is 23.8 Å². The van der Waals surface area contributed by atoms with Crippen molar-refractivity contribution in [2.75, 3.05) is 25.0 Å². The van der Waals surface area contributed by atoms with Crippen molar-refractivity contribution < 1.29 is 14.3 Å². The van der Waals surface area contributed by atoms with Gasteiger partial charge in [0, 0.05) is 26.6 Å². The first-order chi connectivity index (χ1) is 9.54. The second-order valence-electron chi connectivity index (χ2n) is 4.88. The first kappa shape index (κ1) is 14.4.